The zero-order valence-corrected chi connectivity index (χ0v) is 25.0. The predicted octanol–water partition coefficient (Wildman–Crippen LogP) is 3.65. The molecule has 1 amide bonds. The number of rotatable bonds is 10. The number of hydrogen-bond donors (Lipinski definition) is 2. The molecule has 1 aliphatic heterocycles. The van der Waals surface area contributed by atoms with Crippen LogP contribution >= 0.6 is 0 Å². The minimum Gasteiger partial charge on any atom is -0.378 e. The molecule has 2 N–H and O–H groups in total. The summed E-state index contributed by atoms with van der Waals surface area (Å²) in [5, 5.41) is 14.3. The van der Waals surface area contributed by atoms with E-state index in [4.69, 9.17) is 0 Å². The average Bonchev–Trinajstić information content (AvgIpc) is 3.29. The van der Waals surface area contributed by atoms with E-state index >= 15 is 0 Å². The molecule has 3 rings (SSSR count). The molecule has 1 heterocycles. The molecule has 1 saturated carbocycles. The number of likely N-dealkylation sites (tertiary alicyclic amines) is 1. The number of hydrogen-bond acceptors (Lipinski definition) is 6. The van der Waals surface area contributed by atoms with Gasteiger partial charge in [0.15, 0.2) is 0 Å². The normalized spacial score (nSPS) is 24.1. The lowest BCUT2D eigenvalue weighted by Gasteiger charge is -2.44. The second kappa shape index (κ2) is 13.7. The van der Waals surface area contributed by atoms with Gasteiger partial charge in [-0.15, -0.1) is 0 Å². The Morgan fingerprint density at radius 2 is 1.68 bits per heavy atom. The Kier molecular flexibility index (Phi) is 11.2. The Labute approximate surface area is 230 Å². The summed E-state index contributed by atoms with van der Waals surface area (Å²) in [7, 11) is 3.22. The number of sulfonamides is 1. The summed E-state index contributed by atoms with van der Waals surface area (Å²) in [5.41, 5.74) is 0.283. The van der Waals surface area contributed by atoms with Crippen molar-refractivity contribution >= 4 is 15.9 Å². The maximum absolute atomic E-state index is 13.4. The van der Waals surface area contributed by atoms with E-state index in [0.717, 1.165) is 31.5 Å². The molecule has 2 unspecified atom stereocenters. The van der Waals surface area contributed by atoms with Crippen LogP contribution in [0.3, 0.4) is 0 Å². The first-order valence-corrected chi connectivity index (χ1v) is 15.8. The van der Waals surface area contributed by atoms with E-state index in [1.54, 1.807) is 19.2 Å². The van der Waals surface area contributed by atoms with Crippen molar-refractivity contribution in [1.29, 1.82) is 0 Å². The lowest BCUT2D eigenvalue weighted by atomic mass is 9.84. The number of aliphatic hydroxyl groups is 1. The minimum atomic E-state index is -3.45. The van der Waals surface area contributed by atoms with E-state index < -0.39 is 21.8 Å². The summed E-state index contributed by atoms with van der Waals surface area (Å²) in [6, 6.07) is 7.07. The quantitative estimate of drug-likeness (QED) is 0.341. The summed E-state index contributed by atoms with van der Waals surface area (Å²) in [5.74, 6) is 0.733. The third kappa shape index (κ3) is 7.36. The van der Waals surface area contributed by atoms with Crippen LogP contribution in [-0.2, 0) is 21.4 Å². The molecule has 0 spiro atoms. The zero-order chi connectivity index (χ0) is 27.9. The van der Waals surface area contributed by atoms with Gasteiger partial charge >= 0.3 is 0 Å². The summed E-state index contributed by atoms with van der Waals surface area (Å²) < 4.78 is 26.0. The van der Waals surface area contributed by atoms with Gasteiger partial charge in [0.1, 0.15) is 11.8 Å². The smallest absolute Gasteiger partial charge is 0.242 e. The van der Waals surface area contributed by atoms with Gasteiger partial charge in [0, 0.05) is 34.2 Å². The molecule has 0 aromatic heterocycles. The summed E-state index contributed by atoms with van der Waals surface area (Å²) in [6.45, 7) is 4.39. The number of amides is 1. The highest BCUT2D eigenvalue weighted by atomic mass is 32.2. The van der Waals surface area contributed by atoms with Crippen LogP contribution in [0.5, 0.6) is 0 Å². The number of carbonyl (C=O) groups is 1. The summed E-state index contributed by atoms with van der Waals surface area (Å²) in [4.78, 5) is 17.9. The molecule has 2 aliphatic rings. The van der Waals surface area contributed by atoms with Crippen LogP contribution in [0.25, 0.3) is 0 Å². The van der Waals surface area contributed by atoms with Gasteiger partial charge in [-0.1, -0.05) is 57.6 Å². The molecule has 0 radical (unpaired) electrons. The van der Waals surface area contributed by atoms with Gasteiger partial charge < -0.3 is 10.4 Å². The molecule has 8 nitrogen and oxygen atoms in total. The van der Waals surface area contributed by atoms with E-state index in [0.29, 0.717) is 25.3 Å². The fraction of sp³-hybridized carbons (Fsp3) is 0.759. The van der Waals surface area contributed by atoms with Crippen LogP contribution in [0.15, 0.2) is 29.2 Å². The number of nitrogens with zero attached hydrogens (tertiary/aromatic N) is 3. The van der Waals surface area contributed by atoms with Gasteiger partial charge in [-0.2, -0.15) is 0 Å². The van der Waals surface area contributed by atoms with Crippen molar-refractivity contribution < 1.29 is 18.3 Å². The lowest BCUT2D eigenvalue weighted by molar-refractivity contribution is -0.146. The summed E-state index contributed by atoms with van der Waals surface area (Å²) >= 11 is 0. The lowest BCUT2D eigenvalue weighted by Crippen LogP contribution is -2.61. The first kappa shape index (κ1) is 31.0. The van der Waals surface area contributed by atoms with Crippen LogP contribution in [0.1, 0.15) is 76.7 Å². The molecule has 1 aliphatic carbocycles. The molecule has 216 valence electrons. The van der Waals surface area contributed by atoms with Crippen molar-refractivity contribution in [3.63, 3.8) is 0 Å². The molecule has 0 bridgehead atoms. The number of aliphatic hydroxyl groups excluding tert-OH is 1. The topological polar surface area (TPSA) is 93.2 Å². The third-order valence-electron chi connectivity index (χ3n) is 8.92. The van der Waals surface area contributed by atoms with Crippen molar-refractivity contribution in [2.75, 3.05) is 41.3 Å². The van der Waals surface area contributed by atoms with Crippen LogP contribution in [0, 0.1) is 11.8 Å². The highest BCUT2D eigenvalue weighted by Crippen LogP contribution is 2.35. The van der Waals surface area contributed by atoms with Gasteiger partial charge in [-0.05, 0) is 68.8 Å². The zero-order valence-electron chi connectivity index (χ0n) is 24.2. The van der Waals surface area contributed by atoms with Gasteiger partial charge in [0.05, 0.1) is 4.90 Å². The predicted molar refractivity (Wildman–Crippen MR) is 152 cm³/mol. The largest absolute Gasteiger partial charge is 0.378 e. The maximum Gasteiger partial charge on any atom is 0.242 e. The number of likely N-dealkylation sites (N-methyl/N-ethyl adjacent to an activating group) is 2. The maximum atomic E-state index is 13.4. The Balaban J connectivity index is 1.68. The molecular weight excluding hydrogens is 500 g/mol. The monoisotopic (exact) mass is 550 g/mol. The standard InChI is InChI=1S/C29H50N4O4S/c1-23(21-24-11-8-6-7-9-12-24)27(34)32(5)29(28(35)30-2)17-10-19-33(20-18-29)22-25-13-15-26(16-14-25)38(36,37)31(3)4/h13-16,23-24,27,34H,6-12,17-22H2,1-5H3,(H,30,35)/t23-,27?,29?/m0/s1. The number of benzene rings is 1. The minimum absolute atomic E-state index is 0.0270. The molecule has 1 saturated heterocycles. The Morgan fingerprint density at radius 1 is 1.05 bits per heavy atom. The van der Waals surface area contributed by atoms with E-state index in [1.165, 1.54) is 56.9 Å². The van der Waals surface area contributed by atoms with Gasteiger partial charge in [-0.25, -0.2) is 12.7 Å². The van der Waals surface area contributed by atoms with Crippen LogP contribution in [0.2, 0.25) is 0 Å². The van der Waals surface area contributed by atoms with Crippen molar-refractivity contribution in [2.24, 2.45) is 11.8 Å². The Hall–Kier alpha value is -1.52. The molecular formula is C29H50N4O4S. The average molecular weight is 551 g/mol. The fourth-order valence-electron chi connectivity index (χ4n) is 6.42. The van der Waals surface area contributed by atoms with Crippen molar-refractivity contribution in [3.8, 4) is 0 Å². The van der Waals surface area contributed by atoms with Crippen molar-refractivity contribution in [2.45, 2.75) is 94.3 Å². The van der Waals surface area contributed by atoms with Crippen LogP contribution < -0.4 is 5.32 Å². The van der Waals surface area contributed by atoms with Crippen molar-refractivity contribution in [3.05, 3.63) is 29.8 Å². The molecule has 1 aromatic rings. The Bertz CT molecular complexity index is 992. The summed E-state index contributed by atoms with van der Waals surface area (Å²) in [6.07, 6.45) is 10.2. The van der Waals surface area contributed by atoms with E-state index in [1.807, 2.05) is 24.1 Å². The molecule has 38 heavy (non-hydrogen) atoms. The van der Waals surface area contributed by atoms with Gasteiger partial charge in [0.2, 0.25) is 15.9 Å². The Morgan fingerprint density at radius 3 is 2.26 bits per heavy atom. The van der Waals surface area contributed by atoms with Gasteiger partial charge in [-0.3, -0.25) is 14.6 Å². The molecule has 3 atom stereocenters. The first-order valence-electron chi connectivity index (χ1n) is 14.4. The second-order valence-corrected chi connectivity index (χ2v) is 13.9. The number of nitrogens with one attached hydrogen (secondary N) is 1. The van der Waals surface area contributed by atoms with Crippen molar-refractivity contribution in [1.82, 2.24) is 19.4 Å². The molecule has 9 heteroatoms. The second-order valence-electron chi connectivity index (χ2n) is 11.8. The molecule has 2 fully saturated rings. The molecule has 1 aromatic carbocycles. The van der Waals surface area contributed by atoms with E-state index in [2.05, 4.69) is 17.1 Å². The third-order valence-corrected chi connectivity index (χ3v) is 10.8. The van der Waals surface area contributed by atoms with E-state index in [9.17, 15) is 18.3 Å². The highest BCUT2D eigenvalue weighted by Gasteiger charge is 2.46. The number of carbonyl (C=O) groups excluding carboxylic acids is 1. The SMILES string of the molecule is CNC(=O)C1(N(C)C(O)[C@@H](C)CC2CCCCCC2)CCCN(Cc2ccc(S(=O)(=O)N(C)C)cc2)CC1. The van der Waals surface area contributed by atoms with E-state index in [-0.39, 0.29) is 16.7 Å². The van der Waals surface area contributed by atoms with Crippen LogP contribution in [-0.4, -0.2) is 86.6 Å². The fourth-order valence-corrected chi connectivity index (χ4v) is 7.33. The van der Waals surface area contributed by atoms with Gasteiger partial charge in [0.25, 0.3) is 0 Å². The van der Waals surface area contributed by atoms with Crippen LogP contribution in [0.4, 0.5) is 0 Å². The highest BCUT2D eigenvalue weighted by molar-refractivity contribution is 7.89. The first-order chi connectivity index (χ1) is 18.0.